The molecule has 2 N–H and O–H groups in total. The van der Waals surface area contributed by atoms with Crippen LogP contribution in [0, 0.1) is 5.92 Å². The number of hydrogen-bond acceptors (Lipinski definition) is 5. The summed E-state index contributed by atoms with van der Waals surface area (Å²) in [6.07, 6.45) is 1.77. The zero-order valence-corrected chi connectivity index (χ0v) is 16.5. The van der Waals surface area contributed by atoms with Crippen LogP contribution in [0.1, 0.15) is 31.6 Å². The lowest BCUT2D eigenvalue weighted by Gasteiger charge is -2.17. The van der Waals surface area contributed by atoms with Gasteiger partial charge in [-0.3, -0.25) is 25.2 Å². The molecule has 1 aromatic carbocycles. The summed E-state index contributed by atoms with van der Waals surface area (Å²) in [6.45, 7) is 4.25. The molecule has 0 bridgehead atoms. The Morgan fingerprint density at radius 3 is 2.66 bits per heavy atom. The molecule has 2 atom stereocenters. The molecule has 0 spiro atoms. The number of benzene rings is 1. The molecule has 0 saturated carbocycles. The second-order valence-corrected chi connectivity index (χ2v) is 6.99. The van der Waals surface area contributed by atoms with E-state index in [0.717, 1.165) is 6.42 Å². The molecule has 2 aromatic rings. The van der Waals surface area contributed by atoms with Crippen molar-refractivity contribution in [2.45, 2.75) is 39.3 Å². The third kappa shape index (κ3) is 5.37. The molecule has 1 aliphatic rings. The highest BCUT2D eigenvalue weighted by Gasteiger charge is 2.35. The van der Waals surface area contributed by atoms with E-state index < -0.39 is 23.8 Å². The Kier molecular flexibility index (Phi) is 6.54. The van der Waals surface area contributed by atoms with E-state index >= 15 is 0 Å². The minimum absolute atomic E-state index is 0.0955. The van der Waals surface area contributed by atoms with Crippen LogP contribution in [-0.2, 0) is 27.3 Å². The van der Waals surface area contributed by atoms with Gasteiger partial charge in [0.05, 0.1) is 18.7 Å². The number of likely N-dealkylation sites (tertiary alicyclic amines) is 1. The van der Waals surface area contributed by atoms with Crippen LogP contribution in [0.4, 0.5) is 0 Å². The van der Waals surface area contributed by atoms with Crippen molar-refractivity contribution in [2.75, 3.05) is 6.54 Å². The average molecular weight is 399 g/mol. The first-order valence-corrected chi connectivity index (χ1v) is 9.61. The lowest BCUT2D eigenvalue weighted by atomic mass is 10.1. The molecular formula is C21H25N3O5. The number of amides is 3. The van der Waals surface area contributed by atoms with Gasteiger partial charge in [0.2, 0.25) is 11.8 Å². The number of nitrogens with one attached hydrogen (secondary N) is 2. The van der Waals surface area contributed by atoms with Crippen molar-refractivity contribution < 1.29 is 23.5 Å². The largest absolute Gasteiger partial charge is 0.481 e. The summed E-state index contributed by atoms with van der Waals surface area (Å²) in [6, 6.07) is 11.0. The van der Waals surface area contributed by atoms with E-state index in [2.05, 4.69) is 17.8 Å². The van der Waals surface area contributed by atoms with Crippen LogP contribution in [0.2, 0.25) is 0 Å². The molecular weight excluding hydrogens is 374 g/mol. The number of aryl methyl sites for hydroxylation is 1. The van der Waals surface area contributed by atoms with Crippen LogP contribution in [0.3, 0.4) is 0 Å². The van der Waals surface area contributed by atoms with Crippen LogP contribution in [0.25, 0.3) is 0 Å². The van der Waals surface area contributed by atoms with E-state index in [0.29, 0.717) is 18.1 Å². The number of carbonyl (C=O) groups is 3. The fourth-order valence-electron chi connectivity index (χ4n) is 3.08. The highest BCUT2D eigenvalue weighted by molar-refractivity contribution is 5.90. The molecule has 1 saturated heterocycles. The number of carbonyl (C=O) groups excluding carboxylic acids is 3. The Hall–Kier alpha value is -3.29. The molecule has 1 aliphatic heterocycles. The number of nitrogens with zero attached hydrogens (tertiary/aromatic N) is 1. The summed E-state index contributed by atoms with van der Waals surface area (Å²) in [5.41, 5.74) is 5.93. The Labute approximate surface area is 169 Å². The Bertz CT molecular complexity index is 848. The average Bonchev–Trinajstić information content (AvgIpc) is 3.36. The van der Waals surface area contributed by atoms with Crippen molar-refractivity contribution >= 4 is 17.7 Å². The molecule has 0 radical (unpaired) electrons. The number of hydrazine groups is 1. The minimum Gasteiger partial charge on any atom is -0.481 e. The normalized spacial score (nSPS) is 17.1. The predicted octanol–water partition coefficient (Wildman–Crippen LogP) is 1.81. The van der Waals surface area contributed by atoms with Gasteiger partial charge < -0.3 is 14.1 Å². The van der Waals surface area contributed by atoms with Crippen LogP contribution in [0.15, 0.2) is 47.1 Å². The maximum atomic E-state index is 12.3. The van der Waals surface area contributed by atoms with Crippen molar-refractivity contribution in [1.29, 1.82) is 0 Å². The lowest BCUT2D eigenvalue weighted by Crippen LogP contribution is -2.49. The molecule has 2 unspecified atom stereocenters. The van der Waals surface area contributed by atoms with Gasteiger partial charge in [0.15, 0.2) is 6.10 Å². The Balaban J connectivity index is 1.44. The number of furan rings is 1. The monoisotopic (exact) mass is 399 g/mol. The topological polar surface area (TPSA) is 101 Å². The van der Waals surface area contributed by atoms with Gasteiger partial charge >= 0.3 is 0 Å². The van der Waals surface area contributed by atoms with E-state index in [1.54, 1.807) is 36.1 Å². The summed E-state index contributed by atoms with van der Waals surface area (Å²) in [5.74, 6) is -0.310. The first-order valence-electron chi connectivity index (χ1n) is 9.61. The summed E-state index contributed by atoms with van der Waals surface area (Å²) in [4.78, 5) is 38.2. The van der Waals surface area contributed by atoms with Gasteiger partial charge in [0.1, 0.15) is 11.5 Å². The molecule has 8 heteroatoms. The molecule has 0 aliphatic carbocycles. The van der Waals surface area contributed by atoms with Crippen LogP contribution >= 0.6 is 0 Å². The molecule has 29 heavy (non-hydrogen) atoms. The van der Waals surface area contributed by atoms with Gasteiger partial charge in [-0.1, -0.05) is 19.1 Å². The van der Waals surface area contributed by atoms with Gasteiger partial charge in [-0.05, 0) is 43.2 Å². The molecule has 8 nitrogen and oxygen atoms in total. The van der Waals surface area contributed by atoms with E-state index in [1.807, 2.05) is 12.1 Å². The second-order valence-electron chi connectivity index (χ2n) is 6.99. The van der Waals surface area contributed by atoms with E-state index in [1.165, 1.54) is 11.8 Å². The molecule has 1 aromatic heterocycles. The predicted molar refractivity (Wildman–Crippen MR) is 104 cm³/mol. The number of rotatable bonds is 7. The highest BCUT2D eigenvalue weighted by Crippen LogP contribution is 2.20. The van der Waals surface area contributed by atoms with Crippen molar-refractivity contribution in [2.24, 2.45) is 5.92 Å². The van der Waals surface area contributed by atoms with Crippen LogP contribution < -0.4 is 15.6 Å². The first kappa shape index (κ1) is 20.4. The number of hydrogen-bond donors (Lipinski definition) is 2. The third-order valence-corrected chi connectivity index (χ3v) is 4.83. The third-order valence-electron chi connectivity index (χ3n) is 4.83. The first-order chi connectivity index (χ1) is 14.0. The Morgan fingerprint density at radius 1 is 1.24 bits per heavy atom. The molecule has 154 valence electrons. The van der Waals surface area contributed by atoms with Crippen LogP contribution in [0.5, 0.6) is 5.75 Å². The second kappa shape index (κ2) is 9.27. The van der Waals surface area contributed by atoms with Gasteiger partial charge in [0, 0.05) is 13.0 Å². The van der Waals surface area contributed by atoms with Gasteiger partial charge in [0.25, 0.3) is 5.91 Å². The standard InChI is InChI=1S/C21H25N3O5/c1-3-15-6-8-17(9-7-15)29-14(2)20(26)22-23-21(27)16-11-19(25)24(12-16)13-18-5-4-10-28-18/h4-10,14,16H,3,11-13H2,1-2H3,(H,22,26)(H,23,27). The maximum absolute atomic E-state index is 12.3. The fourth-order valence-corrected chi connectivity index (χ4v) is 3.08. The van der Waals surface area contributed by atoms with Gasteiger partial charge in [-0.2, -0.15) is 0 Å². The maximum Gasteiger partial charge on any atom is 0.279 e. The van der Waals surface area contributed by atoms with Gasteiger partial charge in [-0.15, -0.1) is 0 Å². The zero-order chi connectivity index (χ0) is 20.8. The van der Waals surface area contributed by atoms with Crippen molar-refractivity contribution in [3.8, 4) is 5.75 Å². The lowest BCUT2D eigenvalue weighted by molar-refractivity contribution is -0.134. The smallest absolute Gasteiger partial charge is 0.279 e. The molecule has 3 rings (SSSR count). The van der Waals surface area contributed by atoms with Gasteiger partial charge in [-0.25, -0.2) is 0 Å². The van der Waals surface area contributed by atoms with E-state index in [9.17, 15) is 14.4 Å². The van der Waals surface area contributed by atoms with E-state index in [4.69, 9.17) is 9.15 Å². The zero-order valence-electron chi connectivity index (χ0n) is 16.5. The fraction of sp³-hybridized carbons (Fsp3) is 0.381. The molecule has 2 heterocycles. The highest BCUT2D eigenvalue weighted by atomic mass is 16.5. The molecule has 1 fully saturated rings. The van der Waals surface area contributed by atoms with Crippen molar-refractivity contribution in [1.82, 2.24) is 15.8 Å². The number of ether oxygens (including phenoxy) is 1. The van der Waals surface area contributed by atoms with Crippen LogP contribution in [-0.4, -0.2) is 35.3 Å². The molecule has 3 amide bonds. The Morgan fingerprint density at radius 2 is 2.00 bits per heavy atom. The SMILES string of the molecule is CCc1ccc(OC(C)C(=O)NNC(=O)C2CC(=O)N(Cc3ccco3)C2)cc1. The summed E-state index contributed by atoms with van der Waals surface area (Å²) < 4.78 is 10.8. The van der Waals surface area contributed by atoms with E-state index in [-0.39, 0.29) is 18.9 Å². The minimum atomic E-state index is -0.788. The summed E-state index contributed by atoms with van der Waals surface area (Å²) >= 11 is 0. The van der Waals surface area contributed by atoms with Crippen molar-refractivity contribution in [3.05, 3.63) is 54.0 Å². The summed E-state index contributed by atoms with van der Waals surface area (Å²) in [7, 11) is 0. The quantitative estimate of drug-likeness (QED) is 0.692. The van der Waals surface area contributed by atoms with Crippen molar-refractivity contribution in [3.63, 3.8) is 0 Å². The summed E-state index contributed by atoms with van der Waals surface area (Å²) in [5, 5.41) is 0.